The number of pyridine rings is 1. The van der Waals surface area contributed by atoms with Crippen LogP contribution in [0.2, 0.25) is 0 Å². The summed E-state index contributed by atoms with van der Waals surface area (Å²) in [5, 5.41) is 4.22. The van der Waals surface area contributed by atoms with Crippen molar-refractivity contribution in [1.82, 2.24) is 14.6 Å². The summed E-state index contributed by atoms with van der Waals surface area (Å²) in [5.74, 6) is 1.89. The van der Waals surface area contributed by atoms with Crippen LogP contribution in [0.25, 0.3) is 16.9 Å². The van der Waals surface area contributed by atoms with Gasteiger partial charge in [-0.1, -0.05) is 6.07 Å². The molecule has 0 aliphatic carbocycles. The van der Waals surface area contributed by atoms with Gasteiger partial charge >= 0.3 is 0 Å². The van der Waals surface area contributed by atoms with E-state index in [4.69, 9.17) is 19.9 Å². The zero-order valence-electron chi connectivity index (χ0n) is 12.5. The van der Waals surface area contributed by atoms with Crippen molar-refractivity contribution < 1.29 is 14.2 Å². The summed E-state index contributed by atoms with van der Waals surface area (Å²) < 4.78 is 17.9. The molecule has 0 saturated heterocycles. The monoisotopic (exact) mass is 300 g/mol. The van der Waals surface area contributed by atoms with E-state index in [9.17, 15) is 0 Å². The molecule has 2 aromatic heterocycles. The molecular formula is C15H16N4O3. The van der Waals surface area contributed by atoms with Gasteiger partial charge in [0.25, 0.3) is 0 Å². The predicted octanol–water partition coefficient (Wildman–Crippen LogP) is 2.00. The zero-order chi connectivity index (χ0) is 15.7. The van der Waals surface area contributed by atoms with E-state index >= 15 is 0 Å². The van der Waals surface area contributed by atoms with Crippen molar-refractivity contribution >= 4 is 11.6 Å². The maximum absolute atomic E-state index is 5.69. The highest BCUT2D eigenvalue weighted by Gasteiger charge is 2.19. The van der Waals surface area contributed by atoms with Crippen molar-refractivity contribution in [3.05, 3.63) is 30.3 Å². The van der Waals surface area contributed by atoms with E-state index in [2.05, 4.69) is 10.1 Å². The van der Waals surface area contributed by atoms with Crippen LogP contribution in [0, 0.1) is 0 Å². The average Bonchev–Trinajstić information content (AvgIpc) is 2.93. The maximum Gasteiger partial charge on any atom is 0.240 e. The third-order valence-corrected chi connectivity index (χ3v) is 3.36. The molecule has 7 heteroatoms. The SMILES string of the molecule is COc1ccc(-c2cccc3nc(N)nn23)c(OC)c1OC. The Bertz CT molecular complexity index is 829. The number of hydrogen-bond acceptors (Lipinski definition) is 6. The molecule has 0 bridgehead atoms. The first-order chi connectivity index (χ1) is 10.7. The van der Waals surface area contributed by atoms with Crippen LogP contribution in [0.3, 0.4) is 0 Å². The normalized spacial score (nSPS) is 10.7. The van der Waals surface area contributed by atoms with Gasteiger partial charge in [0, 0.05) is 5.56 Å². The summed E-state index contributed by atoms with van der Waals surface area (Å²) in [6, 6.07) is 9.32. The second kappa shape index (κ2) is 5.44. The molecular weight excluding hydrogens is 284 g/mol. The minimum atomic E-state index is 0.215. The van der Waals surface area contributed by atoms with Crippen LogP contribution in [0.15, 0.2) is 30.3 Å². The maximum atomic E-state index is 5.69. The van der Waals surface area contributed by atoms with Gasteiger partial charge in [-0.2, -0.15) is 4.98 Å². The van der Waals surface area contributed by atoms with Gasteiger partial charge in [-0.15, -0.1) is 5.10 Å². The smallest absolute Gasteiger partial charge is 0.240 e. The van der Waals surface area contributed by atoms with E-state index in [1.807, 2.05) is 30.3 Å². The van der Waals surface area contributed by atoms with Gasteiger partial charge in [0.1, 0.15) is 0 Å². The number of nitrogens with zero attached hydrogens (tertiary/aromatic N) is 3. The molecule has 0 radical (unpaired) electrons. The molecule has 0 spiro atoms. The quantitative estimate of drug-likeness (QED) is 0.793. The Balaban J connectivity index is 2.30. The topological polar surface area (TPSA) is 83.9 Å². The summed E-state index contributed by atoms with van der Waals surface area (Å²) in [4.78, 5) is 4.16. The highest BCUT2D eigenvalue weighted by molar-refractivity contribution is 5.75. The van der Waals surface area contributed by atoms with Crippen LogP contribution in [0.5, 0.6) is 17.2 Å². The molecule has 1 aromatic carbocycles. The summed E-state index contributed by atoms with van der Waals surface area (Å²) in [7, 11) is 4.73. The van der Waals surface area contributed by atoms with E-state index in [1.54, 1.807) is 25.8 Å². The predicted molar refractivity (Wildman–Crippen MR) is 82.5 cm³/mol. The lowest BCUT2D eigenvalue weighted by Crippen LogP contribution is -2.00. The molecule has 0 aliphatic rings. The second-order valence-corrected chi connectivity index (χ2v) is 4.53. The molecule has 2 heterocycles. The molecule has 0 atom stereocenters. The van der Waals surface area contributed by atoms with Crippen LogP contribution in [0.1, 0.15) is 0 Å². The minimum absolute atomic E-state index is 0.215. The van der Waals surface area contributed by atoms with E-state index in [0.29, 0.717) is 22.9 Å². The molecule has 3 aromatic rings. The number of aromatic nitrogens is 3. The summed E-state index contributed by atoms with van der Waals surface area (Å²) >= 11 is 0. The van der Waals surface area contributed by atoms with E-state index in [1.165, 1.54) is 0 Å². The lowest BCUT2D eigenvalue weighted by atomic mass is 10.1. The third-order valence-electron chi connectivity index (χ3n) is 3.36. The summed E-state index contributed by atoms with van der Waals surface area (Å²) in [6.45, 7) is 0. The molecule has 3 rings (SSSR count). The molecule has 0 aliphatic heterocycles. The van der Waals surface area contributed by atoms with Gasteiger partial charge in [-0.05, 0) is 24.3 Å². The summed E-state index contributed by atoms with van der Waals surface area (Å²) in [5.41, 5.74) is 7.94. The number of rotatable bonds is 4. The third kappa shape index (κ3) is 2.07. The van der Waals surface area contributed by atoms with Crippen LogP contribution < -0.4 is 19.9 Å². The molecule has 114 valence electrons. The Morgan fingerprint density at radius 2 is 1.73 bits per heavy atom. The molecule has 0 saturated carbocycles. The Labute approximate surface area is 127 Å². The number of benzene rings is 1. The van der Waals surface area contributed by atoms with Gasteiger partial charge in [-0.3, -0.25) is 0 Å². The molecule has 0 fully saturated rings. The Morgan fingerprint density at radius 1 is 0.955 bits per heavy atom. The summed E-state index contributed by atoms with van der Waals surface area (Å²) in [6.07, 6.45) is 0. The van der Waals surface area contributed by atoms with Crippen LogP contribution >= 0.6 is 0 Å². The van der Waals surface area contributed by atoms with Crippen molar-refractivity contribution in [1.29, 1.82) is 0 Å². The van der Waals surface area contributed by atoms with Crippen LogP contribution in [-0.4, -0.2) is 35.9 Å². The van der Waals surface area contributed by atoms with Gasteiger partial charge < -0.3 is 19.9 Å². The van der Waals surface area contributed by atoms with Crippen molar-refractivity contribution in [2.75, 3.05) is 27.1 Å². The Hall–Kier alpha value is -2.96. The van der Waals surface area contributed by atoms with Gasteiger partial charge in [0.15, 0.2) is 17.1 Å². The number of nitrogen functional groups attached to an aromatic ring is 1. The second-order valence-electron chi connectivity index (χ2n) is 4.53. The fourth-order valence-corrected chi connectivity index (χ4v) is 2.43. The van der Waals surface area contributed by atoms with Gasteiger partial charge in [0.2, 0.25) is 11.7 Å². The highest BCUT2D eigenvalue weighted by atomic mass is 16.5. The fourth-order valence-electron chi connectivity index (χ4n) is 2.43. The highest BCUT2D eigenvalue weighted by Crippen LogP contribution is 2.44. The fraction of sp³-hybridized carbons (Fsp3) is 0.200. The van der Waals surface area contributed by atoms with Crippen molar-refractivity contribution in [3.63, 3.8) is 0 Å². The number of ether oxygens (including phenoxy) is 3. The molecule has 22 heavy (non-hydrogen) atoms. The van der Waals surface area contributed by atoms with Crippen LogP contribution in [0.4, 0.5) is 5.95 Å². The minimum Gasteiger partial charge on any atom is -0.493 e. The van der Waals surface area contributed by atoms with E-state index < -0.39 is 0 Å². The molecule has 0 unspecified atom stereocenters. The zero-order valence-corrected chi connectivity index (χ0v) is 12.5. The van der Waals surface area contributed by atoms with E-state index in [0.717, 1.165) is 11.3 Å². The first kappa shape index (κ1) is 14.0. The molecule has 2 N–H and O–H groups in total. The molecule has 0 amide bonds. The number of methoxy groups -OCH3 is 3. The van der Waals surface area contributed by atoms with Crippen molar-refractivity contribution in [2.24, 2.45) is 0 Å². The molecule has 7 nitrogen and oxygen atoms in total. The number of hydrogen-bond donors (Lipinski definition) is 1. The van der Waals surface area contributed by atoms with Gasteiger partial charge in [-0.25, -0.2) is 4.52 Å². The standard InChI is InChI=1S/C15H16N4O3/c1-20-11-8-7-9(13(21-2)14(11)22-3)10-5-4-6-12-17-15(16)18-19(10)12/h4-8H,1-3H3,(H2,16,18). The number of nitrogens with two attached hydrogens (primary N) is 1. The first-order valence-electron chi connectivity index (χ1n) is 6.60. The Morgan fingerprint density at radius 3 is 2.41 bits per heavy atom. The lowest BCUT2D eigenvalue weighted by Gasteiger charge is -2.16. The van der Waals surface area contributed by atoms with Gasteiger partial charge in [0.05, 0.1) is 27.0 Å². The van der Waals surface area contributed by atoms with Crippen molar-refractivity contribution in [2.45, 2.75) is 0 Å². The van der Waals surface area contributed by atoms with E-state index in [-0.39, 0.29) is 5.95 Å². The van der Waals surface area contributed by atoms with Crippen LogP contribution in [-0.2, 0) is 0 Å². The largest absolute Gasteiger partial charge is 0.493 e. The van der Waals surface area contributed by atoms with Crippen molar-refractivity contribution in [3.8, 4) is 28.5 Å². The number of fused-ring (bicyclic) bond motifs is 1. The number of anilines is 1. The first-order valence-corrected chi connectivity index (χ1v) is 6.60. The lowest BCUT2D eigenvalue weighted by molar-refractivity contribution is 0.325. The Kier molecular flexibility index (Phi) is 3.46. The average molecular weight is 300 g/mol.